The third-order valence-electron chi connectivity index (χ3n) is 4.09. The number of hydrogen-bond acceptors (Lipinski definition) is 4. The van der Waals surface area contributed by atoms with Gasteiger partial charge in [-0.2, -0.15) is 0 Å². The highest BCUT2D eigenvalue weighted by Gasteiger charge is 2.18. The van der Waals surface area contributed by atoms with E-state index in [2.05, 4.69) is 11.9 Å². The molecule has 0 radical (unpaired) electrons. The molecular formula is C21H21FN2O3. The fourth-order valence-corrected chi connectivity index (χ4v) is 2.57. The highest BCUT2D eigenvalue weighted by Crippen LogP contribution is 2.14. The van der Waals surface area contributed by atoms with Crippen LogP contribution in [0.25, 0.3) is 0 Å². The van der Waals surface area contributed by atoms with Gasteiger partial charge in [0.15, 0.2) is 6.10 Å². The molecule has 0 aliphatic carbocycles. The van der Waals surface area contributed by atoms with Gasteiger partial charge in [0.25, 0.3) is 0 Å². The minimum Gasteiger partial charge on any atom is -0.490 e. The van der Waals surface area contributed by atoms with Gasteiger partial charge in [-0.3, -0.25) is 0 Å². The molecule has 5 nitrogen and oxygen atoms in total. The number of hydrogen-bond donors (Lipinski definition) is 0. The van der Waals surface area contributed by atoms with Gasteiger partial charge >= 0.3 is 5.97 Å². The van der Waals surface area contributed by atoms with Crippen LogP contribution in [0.3, 0.4) is 0 Å². The summed E-state index contributed by atoms with van der Waals surface area (Å²) in [4.78, 5) is 16.5. The van der Waals surface area contributed by atoms with Gasteiger partial charge in [-0.15, -0.1) is 0 Å². The zero-order chi connectivity index (χ0) is 19.1. The van der Waals surface area contributed by atoms with Gasteiger partial charge in [0.2, 0.25) is 0 Å². The Morgan fingerprint density at radius 3 is 2.52 bits per heavy atom. The maximum absolute atomic E-state index is 13.0. The lowest BCUT2D eigenvalue weighted by Gasteiger charge is -2.19. The van der Waals surface area contributed by atoms with Crippen LogP contribution in [0, 0.1) is 5.82 Å². The van der Waals surface area contributed by atoms with Crippen molar-refractivity contribution >= 4 is 5.97 Å². The van der Waals surface area contributed by atoms with Crippen molar-refractivity contribution in [3.05, 3.63) is 84.2 Å². The first kappa shape index (κ1) is 18.6. The Morgan fingerprint density at radius 2 is 1.89 bits per heavy atom. The van der Waals surface area contributed by atoms with E-state index < -0.39 is 12.1 Å². The van der Waals surface area contributed by atoms with Crippen LogP contribution < -0.4 is 4.74 Å². The van der Waals surface area contributed by atoms with E-state index in [0.717, 1.165) is 12.0 Å². The zero-order valence-corrected chi connectivity index (χ0v) is 15.0. The topological polar surface area (TPSA) is 53.4 Å². The SMILES string of the molecule is CCc1ccc(C(=O)O[C@@H](COc2ccc(F)cc2)Cn2ccnc2)cc1. The van der Waals surface area contributed by atoms with Crippen LogP contribution in [0.1, 0.15) is 22.8 Å². The average Bonchev–Trinajstić information content (AvgIpc) is 3.20. The highest BCUT2D eigenvalue weighted by molar-refractivity contribution is 5.89. The number of carbonyl (C=O) groups excluding carboxylic acids is 1. The fourth-order valence-electron chi connectivity index (χ4n) is 2.57. The summed E-state index contributed by atoms with van der Waals surface area (Å²) in [5, 5.41) is 0. The van der Waals surface area contributed by atoms with Crippen molar-refractivity contribution in [3.63, 3.8) is 0 Å². The Labute approximate surface area is 157 Å². The molecule has 2 aromatic carbocycles. The van der Waals surface area contributed by atoms with Crippen LogP contribution in [0.15, 0.2) is 67.3 Å². The molecule has 3 rings (SSSR count). The molecule has 0 aliphatic rings. The maximum atomic E-state index is 13.0. The third-order valence-corrected chi connectivity index (χ3v) is 4.09. The summed E-state index contributed by atoms with van der Waals surface area (Å²) in [6.45, 7) is 2.60. The Balaban J connectivity index is 1.66. The van der Waals surface area contributed by atoms with Crippen LogP contribution in [0.5, 0.6) is 5.75 Å². The first-order chi connectivity index (χ1) is 13.1. The van der Waals surface area contributed by atoms with Crippen molar-refractivity contribution in [1.29, 1.82) is 0 Å². The highest BCUT2D eigenvalue weighted by atomic mass is 19.1. The molecule has 0 saturated heterocycles. The van der Waals surface area contributed by atoms with Crippen molar-refractivity contribution in [1.82, 2.24) is 9.55 Å². The standard InChI is InChI=1S/C21H21FN2O3/c1-2-16-3-5-17(6-4-16)21(25)27-20(13-24-12-11-23-15-24)14-26-19-9-7-18(22)8-10-19/h3-12,15,20H,2,13-14H2,1H3/t20-/m1/s1. The summed E-state index contributed by atoms with van der Waals surface area (Å²) in [6, 6.07) is 13.1. The predicted octanol–water partition coefficient (Wildman–Crippen LogP) is 3.89. The van der Waals surface area contributed by atoms with Gasteiger partial charge in [-0.05, 0) is 48.4 Å². The lowest BCUT2D eigenvalue weighted by atomic mass is 10.1. The molecule has 0 saturated carbocycles. The van der Waals surface area contributed by atoms with Crippen LogP contribution in [-0.4, -0.2) is 28.2 Å². The van der Waals surface area contributed by atoms with Crippen molar-refractivity contribution in [2.75, 3.05) is 6.61 Å². The zero-order valence-electron chi connectivity index (χ0n) is 15.0. The van der Waals surface area contributed by atoms with E-state index in [1.807, 2.05) is 16.7 Å². The number of halogens is 1. The number of nitrogens with zero attached hydrogens (tertiary/aromatic N) is 2. The second kappa shape index (κ2) is 8.98. The molecule has 1 aromatic heterocycles. The van der Waals surface area contributed by atoms with Crippen LogP contribution >= 0.6 is 0 Å². The number of aryl methyl sites for hydroxylation is 1. The quantitative estimate of drug-likeness (QED) is 0.566. The normalized spacial score (nSPS) is 11.8. The molecule has 0 spiro atoms. The minimum atomic E-state index is -0.525. The van der Waals surface area contributed by atoms with Gasteiger partial charge in [0, 0.05) is 12.4 Å². The van der Waals surface area contributed by atoms with E-state index in [1.165, 1.54) is 24.3 Å². The lowest BCUT2D eigenvalue weighted by molar-refractivity contribution is 0.0125. The van der Waals surface area contributed by atoms with Gasteiger partial charge in [-0.25, -0.2) is 14.2 Å². The minimum absolute atomic E-state index is 0.141. The maximum Gasteiger partial charge on any atom is 0.338 e. The van der Waals surface area contributed by atoms with E-state index in [9.17, 15) is 9.18 Å². The monoisotopic (exact) mass is 368 g/mol. The largest absolute Gasteiger partial charge is 0.490 e. The van der Waals surface area contributed by atoms with Crippen LogP contribution in [0.4, 0.5) is 4.39 Å². The third kappa shape index (κ3) is 5.41. The molecule has 27 heavy (non-hydrogen) atoms. The van der Waals surface area contributed by atoms with Gasteiger partial charge < -0.3 is 14.0 Å². The summed E-state index contributed by atoms with van der Waals surface area (Å²) < 4.78 is 26.1. The number of benzene rings is 2. The van der Waals surface area contributed by atoms with Crippen molar-refractivity contribution in [2.24, 2.45) is 0 Å². The van der Waals surface area contributed by atoms with Crippen molar-refractivity contribution in [2.45, 2.75) is 26.0 Å². The van der Waals surface area contributed by atoms with Gasteiger partial charge in [-0.1, -0.05) is 19.1 Å². The number of aromatic nitrogens is 2. The molecule has 6 heteroatoms. The summed E-state index contributed by atoms with van der Waals surface area (Å²) in [7, 11) is 0. The Kier molecular flexibility index (Phi) is 6.20. The smallest absolute Gasteiger partial charge is 0.338 e. The summed E-state index contributed by atoms with van der Waals surface area (Å²) >= 11 is 0. The van der Waals surface area contributed by atoms with Crippen LogP contribution in [-0.2, 0) is 17.7 Å². The number of carbonyl (C=O) groups is 1. The number of esters is 1. The number of ether oxygens (including phenoxy) is 2. The number of imidazole rings is 1. The van der Waals surface area contributed by atoms with Gasteiger partial charge in [0.1, 0.15) is 18.2 Å². The second-order valence-electron chi connectivity index (χ2n) is 6.10. The average molecular weight is 368 g/mol. The summed E-state index contributed by atoms with van der Waals surface area (Å²) in [6.07, 6.45) is 5.47. The molecule has 0 amide bonds. The van der Waals surface area contributed by atoms with E-state index in [0.29, 0.717) is 17.9 Å². The Morgan fingerprint density at radius 1 is 1.15 bits per heavy atom. The predicted molar refractivity (Wildman–Crippen MR) is 99.1 cm³/mol. The molecule has 1 atom stereocenters. The molecular weight excluding hydrogens is 347 g/mol. The van der Waals surface area contributed by atoms with E-state index in [1.54, 1.807) is 30.9 Å². The number of rotatable bonds is 8. The van der Waals surface area contributed by atoms with Gasteiger partial charge in [0.05, 0.1) is 18.4 Å². The van der Waals surface area contributed by atoms with Crippen molar-refractivity contribution in [3.8, 4) is 5.75 Å². The summed E-state index contributed by atoms with van der Waals surface area (Å²) in [5.74, 6) is -0.236. The van der Waals surface area contributed by atoms with E-state index in [-0.39, 0.29) is 12.4 Å². The molecule has 1 heterocycles. The first-order valence-corrected chi connectivity index (χ1v) is 8.78. The molecule has 0 unspecified atom stereocenters. The summed E-state index contributed by atoms with van der Waals surface area (Å²) in [5.41, 5.74) is 1.64. The molecule has 0 N–H and O–H groups in total. The first-order valence-electron chi connectivity index (χ1n) is 8.78. The van der Waals surface area contributed by atoms with E-state index >= 15 is 0 Å². The molecule has 0 fully saturated rings. The molecule has 0 bridgehead atoms. The van der Waals surface area contributed by atoms with E-state index in [4.69, 9.17) is 9.47 Å². The fraction of sp³-hybridized carbons (Fsp3) is 0.238. The lowest BCUT2D eigenvalue weighted by Crippen LogP contribution is -2.29. The van der Waals surface area contributed by atoms with Crippen LogP contribution in [0.2, 0.25) is 0 Å². The molecule has 3 aromatic rings. The second-order valence-corrected chi connectivity index (χ2v) is 6.10. The molecule has 140 valence electrons. The Hall–Kier alpha value is -3.15. The Bertz CT molecular complexity index is 846. The van der Waals surface area contributed by atoms with Crippen molar-refractivity contribution < 1.29 is 18.7 Å². The molecule has 0 aliphatic heterocycles.